The maximum Gasteiger partial charge on any atom is 0.364 e. The molecule has 140 valence electrons. The monoisotopic (exact) mass is 382 g/mol. The van der Waals surface area contributed by atoms with Crippen LogP contribution in [0.5, 0.6) is 5.75 Å². The third-order valence-corrected chi connectivity index (χ3v) is 4.79. The summed E-state index contributed by atoms with van der Waals surface area (Å²) in [4.78, 5) is 12.9. The molecule has 0 saturated carbocycles. The van der Waals surface area contributed by atoms with Gasteiger partial charge in [0.1, 0.15) is 17.3 Å². The molecule has 1 aromatic heterocycles. The van der Waals surface area contributed by atoms with Gasteiger partial charge in [-0.3, -0.25) is 0 Å². The SMILES string of the molecule is O=C(Oc1ccc2ccccc2c1)c1nn(-c2ccccc2F)c2ccccc12. The topological polar surface area (TPSA) is 44.1 Å². The quantitative estimate of drug-likeness (QED) is 0.304. The summed E-state index contributed by atoms with van der Waals surface area (Å²) in [6, 6.07) is 26.8. The zero-order valence-electron chi connectivity index (χ0n) is 15.2. The van der Waals surface area contributed by atoms with Crippen molar-refractivity contribution in [1.82, 2.24) is 9.78 Å². The van der Waals surface area contributed by atoms with E-state index in [-0.39, 0.29) is 11.4 Å². The Kier molecular flexibility index (Phi) is 4.06. The van der Waals surface area contributed by atoms with Gasteiger partial charge in [-0.05, 0) is 41.1 Å². The Morgan fingerprint density at radius 1 is 0.828 bits per heavy atom. The number of hydrogen-bond donors (Lipinski definition) is 0. The smallest absolute Gasteiger partial charge is 0.364 e. The molecule has 29 heavy (non-hydrogen) atoms. The van der Waals surface area contributed by atoms with E-state index in [0.717, 1.165) is 10.8 Å². The largest absolute Gasteiger partial charge is 0.422 e. The van der Waals surface area contributed by atoms with E-state index in [0.29, 0.717) is 16.7 Å². The summed E-state index contributed by atoms with van der Waals surface area (Å²) in [5, 5.41) is 7.01. The van der Waals surface area contributed by atoms with Crippen LogP contribution in [-0.2, 0) is 0 Å². The third-order valence-electron chi connectivity index (χ3n) is 4.79. The molecular formula is C24H15FN2O2. The van der Waals surface area contributed by atoms with Crippen molar-refractivity contribution in [3.63, 3.8) is 0 Å². The molecule has 5 rings (SSSR count). The fraction of sp³-hybridized carbons (Fsp3) is 0. The highest BCUT2D eigenvalue weighted by Gasteiger charge is 2.21. The number of rotatable bonds is 3. The predicted molar refractivity (Wildman–Crippen MR) is 110 cm³/mol. The van der Waals surface area contributed by atoms with Crippen LogP contribution in [0.2, 0.25) is 0 Å². The highest BCUT2D eigenvalue weighted by atomic mass is 19.1. The maximum atomic E-state index is 14.3. The van der Waals surface area contributed by atoms with Crippen LogP contribution >= 0.6 is 0 Å². The lowest BCUT2D eigenvalue weighted by molar-refractivity contribution is 0.0730. The van der Waals surface area contributed by atoms with E-state index in [1.165, 1.54) is 10.7 Å². The van der Waals surface area contributed by atoms with Gasteiger partial charge in [-0.25, -0.2) is 13.9 Å². The number of benzene rings is 4. The minimum atomic E-state index is -0.591. The van der Waals surface area contributed by atoms with Gasteiger partial charge in [0.2, 0.25) is 0 Å². The number of hydrogen-bond acceptors (Lipinski definition) is 3. The summed E-state index contributed by atoms with van der Waals surface area (Å²) in [5.74, 6) is -0.583. The van der Waals surface area contributed by atoms with Gasteiger partial charge in [-0.1, -0.05) is 60.7 Å². The first-order valence-corrected chi connectivity index (χ1v) is 9.14. The number of ether oxygens (including phenoxy) is 1. The zero-order valence-corrected chi connectivity index (χ0v) is 15.2. The van der Waals surface area contributed by atoms with E-state index in [4.69, 9.17) is 4.74 Å². The number of carbonyl (C=O) groups is 1. The molecule has 0 saturated heterocycles. The normalized spacial score (nSPS) is 11.1. The molecule has 4 nitrogen and oxygen atoms in total. The number of fused-ring (bicyclic) bond motifs is 2. The van der Waals surface area contributed by atoms with Gasteiger partial charge in [0.05, 0.1) is 5.52 Å². The molecule has 0 aliphatic carbocycles. The Bertz CT molecular complexity index is 1370. The van der Waals surface area contributed by atoms with Crippen molar-refractivity contribution in [1.29, 1.82) is 0 Å². The van der Waals surface area contributed by atoms with Crippen LogP contribution in [0.15, 0.2) is 91.0 Å². The molecule has 0 N–H and O–H groups in total. The molecule has 5 heteroatoms. The molecule has 0 amide bonds. The number of aromatic nitrogens is 2. The Morgan fingerprint density at radius 2 is 1.55 bits per heavy atom. The van der Waals surface area contributed by atoms with Gasteiger partial charge in [0.25, 0.3) is 0 Å². The third kappa shape index (κ3) is 3.02. The Labute approximate surface area is 165 Å². The molecule has 5 aromatic rings. The first-order chi connectivity index (χ1) is 14.2. The molecule has 4 aromatic carbocycles. The molecule has 0 aliphatic rings. The summed E-state index contributed by atoms with van der Waals surface area (Å²) < 4.78 is 21.4. The number of halogens is 1. The Hall–Kier alpha value is -3.99. The molecule has 0 atom stereocenters. The van der Waals surface area contributed by atoms with E-state index in [1.54, 1.807) is 36.4 Å². The molecular weight excluding hydrogens is 367 g/mol. The summed E-state index contributed by atoms with van der Waals surface area (Å²) >= 11 is 0. The molecule has 0 spiro atoms. The van der Waals surface area contributed by atoms with Crippen LogP contribution in [0.3, 0.4) is 0 Å². The average Bonchev–Trinajstić information content (AvgIpc) is 3.14. The van der Waals surface area contributed by atoms with Crippen LogP contribution in [0.4, 0.5) is 4.39 Å². The van der Waals surface area contributed by atoms with Crippen molar-refractivity contribution < 1.29 is 13.9 Å². The lowest BCUT2D eigenvalue weighted by Crippen LogP contribution is -2.10. The van der Waals surface area contributed by atoms with Crippen molar-refractivity contribution in [2.45, 2.75) is 0 Å². The first-order valence-electron chi connectivity index (χ1n) is 9.14. The van der Waals surface area contributed by atoms with Crippen LogP contribution < -0.4 is 4.74 Å². The summed E-state index contributed by atoms with van der Waals surface area (Å²) in [5.41, 5.74) is 1.04. The van der Waals surface area contributed by atoms with Crippen LogP contribution in [0.25, 0.3) is 27.4 Å². The van der Waals surface area contributed by atoms with Crippen molar-refractivity contribution in [3.05, 3.63) is 103 Å². The molecule has 0 unspecified atom stereocenters. The number of carbonyl (C=O) groups excluding carboxylic acids is 1. The maximum absolute atomic E-state index is 14.3. The van der Waals surface area contributed by atoms with E-state index in [2.05, 4.69) is 5.10 Å². The van der Waals surface area contributed by atoms with E-state index in [1.807, 2.05) is 48.5 Å². The van der Waals surface area contributed by atoms with Gasteiger partial charge >= 0.3 is 5.97 Å². The standard InChI is InChI=1S/C24H15FN2O2/c25-20-10-4-6-12-22(20)27-21-11-5-3-9-19(21)23(26-27)24(28)29-18-14-13-16-7-1-2-8-17(16)15-18/h1-15H. The van der Waals surface area contributed by atoms with Crippen molar-refractivity contribution >= 4 is 27.6 Å². The zero-order chi connectivity index (χ0) is 19.8. The van der Waals surface area contributed by atoms with Crippen molar-refractivity contribution in [3.8, 4) is 11.4 Å². The van der Waals surface area contributed by atoms with Crippen LogP contribution in [-0.4, -0.2) is 15.7 Å². The predicted octanol–water partition coefficient (Wildman–Crippen LogP) is 5.54. The lowest BCUT2D eigenvalue weighted by Gasteiger charge is -2.05. The lowest BCUT2D eigenvalue weighted by atomic mass is 10.1. The van der Waals surface area contributed by atoms with Crippen LogP contribution in [0.1, 0.15) is 10.5 Å². The summed E-state index contributed by atoms with van der Waals surface area (Å²) in [7, 11) is 0. The number of esters is 1. The van der Waals surface area contributed by atoms with Gasteiger partial charge in [-0.15, -0.1) is 0 Å². The highest BCUT2D eigenvalue weighted by molar-refractivity contribution is 6.03. The van der Waals surface area contributed by atoms with Gasteiger partial charge in [-0.2, -0.15) is 5.10 Å². The second-order valence-corrected chi connectivity index (χ2v) is 6.63. The van der Waals surface area contributed by atoms with Gasteiger partial charge < -0.3 is 4.74 Å². The van der Waals surface area contributed by atoms with E-state index in [9.17, 15) is 9.18 Å². The van der Waals surface area contributed by atoms with Crippen molar-refractivity contribution in [2.24, 2.45) is 0 Å². The number of para-hydroxylation sites is 2. The summed E-state index contributed by atoms with van der Waals surface area (Å²) in [6.07, 6.45) is 0. The highest BCUT2D eigenvalue weighted by Crippen LogP contribution is 2.26. The second kappa shape index (κ2) is 6.87. The second-order valence-electron chi connectivity index (χ2n) is 6.63. The molecule has 1 heterocycles. The number of nitrogens with zero attached hydrogens (tertiary/aromatic N) is 2. The van der Waals surface area contributed by atoms with E-state index >= 15 is 0 Å². The minimum Gasteiger partial charge on any atom is -0.422 e. The molecule has 0 bridgehead atoms. The van der Waals surface area contributed by atoms with Crippen molar-refractivity contribution in [2.75, 3.05) is 0 Å². The molecule has 0 aliphatic heterocycles. The molecule has 0 fully saturated rings. The van der Waals surface area contributed by atoms with Gasteiger partial charge in [0.15, 0.2) is 5.69 Å². The van der Waals surface area contributed by atoms with Crippen LogP contribution in [0, 0.1) is 5.82 Å². The average molecular weight is 382 g/mol. The fourth-order valence-corrected chi connectivity index (χ4v) is 3.41. The molecule has 0 radical (unpaired) electrons. The minimum absolute atomic E-state index is 0.136. The Morgan fingerprint density at radius 3 is 2.41 bits per heavy atom. The Balaban J connectivity index is 1.57. The van der Waals surface area contributed by atoms with E-state index < -0.39 is 11.8 Å². The fourth-order valence-electron chi connectivity index (χ4n) is 3.41. The summed E-state index contributed by atoms with van der Waals surface area (Å²) in [6.45, 7) is 0. The van der Waals surface area contributed by atoms with Gasteiger partial charge in [0, 0.05) is 5.39 Å². The first kappa shape index (κ1) is 17.1.